The number of likely N-dealkylation sites (N-methyl/N-ethyl adjacent to an activating group) is 1. The molecule has 0 saturated carbocycles. The lowest BCUT2D eigenvalue weighted by atomic mass is 10.1. The maximum absolute atomic E-state index is 13.7. The lowest BCUT2D eigenvalue weighted by molar-refractivity contribution is -0.117. The van der Waals surface area contributed by atoms with Crippen LogP contribution in [-0.2, 0) is 17.8 Å². The third-order valence-electron chi connectivity index (χ3n) is 4.32. The van der Waals surface area contributed by atoms with Gasteiger partial charge in [-0.2, -0.15) is 0 Å². The number of benzene rings is 2. The van der Waals surface area contributed by atoms with Crippen molar-refractivity contribution in [3.05, 3.63) is 70.5 Å². The average Bonchev–Trinajstić information content (AvgIpc) is 3.16. The summed E-state index contributed by atoms with van der Waals surface area (Å²) < 4.78 is 39.9. The molecule has 1 aromatic heterocycles. The van der Waals surface area contributed by atoms with E-state index in [4.69, 9.17) is 0 Å². The van der Waals surface area contributed by atoms with Gasteiger partial charge in [0.05, 0.1) is 17.9 Å². The molecule has 0 aliphatic heterocycles. The molecule has 0 unspecified atom stereocenters. The summed E-state index contributed by atoms with van der Waals surface area (Å²) in [5.41, 5.74) is 2.70. The van der Waals surface area contributed by atoms with Gasteiger partial charge >= 0.3 is 0 Å². The van der Waals surface area contributed by atoms with E-state index in [1.165, 1.54) is 16.9 Å². The minimum Gasteiger partial charge on any atom is -0.322 e. The predicted molar refractivity (Wildman–Crippen MR) is 108 cm³/mol. The van der Waals surface area contributed by atoms with Crippen LogP contribution in [0.5, 0.6) is 0 Å². The summed E-state index contributed by atoms with van der Waals surface area (Å²) in [5, 5.41) is 5.07. The highest BCUT2D eigenvalue weighted by Gasteiger charge is 2.16. The van der Waals surface area contributed by atoms with Crippen LogP contribution in [0.4, 0.5) is 18.9 Å². The first kappa shape index (κ1) is 21.0. The van der Waals surface area contributed by atoms with E-state index in [1.807, 2.05) is 17.5 Å². The maximum Gasteiger partial charge on any atom is 0.238 e. The topological polar surface area (TPSA) is 45.2 Å². The predicted octanol–water partition coefficient (Wildman–Crippen LogP) is 4.86. The summed E-state index contributed by atoms with van der Waals surface area (Å²) in [6.45, 7) is 2.46. The number of hydrogen-bond acceptors (Lipinski definition) is 4. The Kier molecular flexibility index (Phi) is 6.66. The Morgan fingerprint density at radius 1 is 1.10 bits per heavy atom. The van der Waals surface area contributed by atoms with E-state index in [9.17, 15) is 18.0 Å². The molecule has 4 nitrogen and oxygen atoms in total. The molecule has 0 saturated heterocycles. The summed E-state index contributed by atoms with van der Waals surface area (Å²) in [6, 6.07) is 9.97. The van der Waals surface area contributed by atoms with Crippen molar-refractivity contribution in [2.75, 3.05) is 18.9 Å². The number of nitrogens with zero attached hydrogens (tertiary/aromatic N) is 2. The molecule has 0 radical (unpaired) electrons. The molecular weight excluding hydrogens is 399 g/mol. The van der Waals surface area contributed by atoms with Crippen molar-refractivity contribution in [1.82, 2.24) is 9.88 Å². The molecule has 0 atom stereocenters. The van der Waals surface area contributed by atoms with E-state index < -0.39 is 29.0 Å². The summed E-state index contributed by atoms with van der Waals surface area (Å²) in [5.74, 6) is -4.87. The second kappa shape index (κ2) is 9.19. The Hall–Kier alpha value is -2.71. The van der Waals surface area contributed by atoms with Crippen LogP contribution in [0.15, 0.2) is 41.8 Å². The van der Waals surface area contributed by atoms with E-state index in [0.717, 1.165) is 34.8 Å². The molecule has 8 heteroatoms. The van der Waals surface area contributed by atoms with Crippen molar-refractivity contribution >= 4 is 22.9 Å². The van der Waals surface area contributed by atoms with Crippen molar-refractivity contribution in [1.29, 1.82) is 0 Å². The monoisotopic (exact) mass is 419 g/mol. The highest BCUT2D eigenvalue weighted by Crippen LogP contribution is 2.25. The summed E-state index contributed by atoms with van der Waals surface area (Å²) in [6.07, 6.45) is 0.977. The van der Waals surface area contributed by atoms with Crippen LogP contribution < -0.4 is 5.32 Å². The fraction of sp³-hybridized carbons (Fsp3) is 0.238. The normalized spacial score (nSPS) is 11.1. The summed E-state index contributed by atoms with van der Waals surface area (Å²) in [4.78, 5) is 18.4. The standard InChI is InChI=1S/C21H20F3N3OS/c1-3-13-4-6-14(7-5-13)21-25-15(12-29-21)10-27(2)11-18(28)26-17-9-8-16(22)19(23)20(17)24/h4-9,12H,3,10-11H2,1-2H3,(H,26,28). The number of anilines is 1. The van der Waals surface area contributed by atoms with Crippen LogP contribution >= 0.6 is 11.3 Å². The van der Waals surface area contributed by atoms with Gasteiger partial charge in [0.25, 0.3) is 0 Å². The molecule has 2 aromatic carbocycles. The van der Waals surface area contributed by atoms with Gasteiger partial charge in [-0.15, -0.1) is 11.3 Å². The minimum atomic E-state index is -1.61. The first-order valence-corrected chi connectivity index (χ1v) is 9.91. The quantitative estimate of drug-likeness (QED) is 0.557. The highest BCUT2D eigenvalue weighted by molar-refractivity contribution is 7.13. The van der Waals surface area contributed by atoms with Gasteiger partial charge in [0.15, 0.2) is 17.5 Å². The molecule has 0 bridgehead atoms. The number of hydrogen-bond donors (Lipinski definition) is 1. The highest BCUT2D eigenvalue weighted by atomic mass is 32.1. The second-order valence-corrected chi connectivity index (χ2v) is 7.50. The van der Waals surface area contributed by atoms with E-state index >= 15 is 0 Å². The Balaban J connectivity index is 1.58. The third kappa shape index (κ3) is 5.21. The molecule has 0 spiro atoms. The number of carbonyl (C=O) groups excluding carboxylic acids is 1. The van der Waals surface area contributed by atoms with Crippen LogP contribution in [0.2, 0.25) is 0 Å². The van der Waals surface area contributed by atoms with Gasteiger partial charge in [-0.25, -0.2) is 18.2 Å². The third-order valence-corrected chi connectivity index (χ3v) is 5.26. The first-order chi connectivity index (χ1) is 13.9. The van der Waals surface area contributed by atoms with Gasteiger partial charge in [0, 0.05) is 17.5 Å². The maximum atomic E-state index is 13.7. The van der Waals surface area contributed by atoms with Gasteiger partial charge in [-0.3, -0.25) is 9.69 Å². The number of halogens is 3. The van der Waals surface area contributed by atoms with Gasteiger partial charge in [0.2, 0.25) is 5.91 Å². The SMILES string of the molecule is CCc1ccc(-c2nc(CN(C)CC(=O)Nc3ccc(F)c(F)c3F)cs2)cc1. The lowest BCUT2D eigenvalue weighted by Crippen LogP contribution is -2.30. The average molecular weight is 419 g/mol. The van der Waals surface area contributed by atoms with E-state index in [1.54, 1.807) is 11.9 Å². The Morgan fingerprint density at radius 2 is 1.83 bits per heavy atom. The number of rotatable bonds is 7. The van der Waals surface area contributed by atoms with Crippen molar-refractivity contribution < 1.29 is 18.0 Å². The molecule has 0 aliphatic rings. The largest absolute Gasteiger partial charge is 0.322 e. The Bertz CT molecular complexity index is 1000. The van der Waals surface area contributed by atoms with Crippen LogP contribution in [0.1, 0.15) is 18.2 Å². The summed E-state index contributed by atoms with van der Waals surface area (Å²) in [7, 11) is 1.72. The lowest BCUT2D eigenvalue weighted by Gasteiger charge is -2.15. The number of carbonyl (C=O) groups is 1. The van der Waals surface area contributed by atoms with Crippen LogP contribution in [-0.4, -0.2) is 29.4 Å². The number of aromatic nitrogens is 1. The number of aryl methyl sites for hydroxylation is 1. The molecule has 1 amide bonds. The van der Waals surface area contributed by atoms with Crippen LogP contribution in [0, 0.1) is 17.5 Å². The molecule has 152 valence electrons. The molecule has 0 fully saturated rings. The van der Waals surface area contributed by atoms with E-state index in [-0.39, 0.29) is 6.54 Å². The van der Waals surface area contributed by atoms with Gasteiger partial charge in [-0.1, -0.05) is 31.2 Å². The van der Waals surface area contributed by atoms with E-state index in [0.29, 0.717) is 6.54 Å². The second-order valence-electron chi connectivity index (χ2n) is 6.64. The first-order valence-electron chi connectivity index (χ1n) is 9.03. The van der Waals surface area contributed by atoms with Gasteiger partial charge in [-0.05, 0) is 31.2 Å². The Morgan fingerprint density at radius 3 is 2.52 bits per heavy atom. The number of nitrogens with one attached hydrogen (secondary N) is 1. The zero-order chi connectivity index (χ0) is 21.0. The fourth-order valence-corrected chi connectivity index (χ4v) is 3.60. The zero-order valence-electron chi connectivity index (χ0n) is 16.0. The number of amides is 1. The van der Waals surface area contributed by atoms with Gasteiger partial charge < -0.3 is 5.32 Å². The van der Waals surface area contributed by atoms with Crippen LogP contribution in [0.3, 0.4) is 0 Å². The molecule has 29 heavy (non-hydrogen) atoms. The molecule has 1 N–H and O–H groups in total. The van der Waals surface area contributed by atoms with Crippen molar-refractivity contribution in [2.24, 2.45) is 0 Å². The van der Waals surface area contributed by atoms with Crippen LogP contribution in [0.25, 0.3) is 10.6 Å². The molecular formula is C21H20F3N3OS. The molecule has 3 aromatic rings. The van der Waals surface area contributed by atoms with E-state index in [2.05, 4.69) is 29.4 Å². The smallest absolute Gasteiger partial charge is 0.238 e. The molecule has 0 aliphatic carbocycles. The zero-order valence-corrected chi connectivity index (χ0v) is 16.8. The minimum absolute atomic E-state index is 0.0590. The number of thiazole rings is 1. The van der Waals surface area contributed by atoms with Gasteiger partial charge in [0.1, 0.15) is 5.01 Å². The van der Waals surface area contributed by atoms with Crippen molar-refractivity contribution in [2.45, 2.75) is 19.9 Å². The fourth-order valence-electron chi connectivity index (χ4n) is 2.78. The summed E-state index contributed by atoms with van der Waals surface area (Å²) >= 11 is 1.52. The van der Waals surface area contributed by atoms with Crippen molar-refractivity contribution in [3.8, 4) is 10.6 Å². The van der Waals surface area contributed by atoms with Crippen molar-refractivity contribution in [3.63, 3.8) is 0 Å². The molecule has 3 rings (SSSR count). The Labute approximate surface area is 171 Å². The molecule has 1 heterocycles.